The summed E-state index contributed by atoms with van der Waals surface area (Å²) in [5.74, 6) is 0. The topological polar surface area (TPSA) is 15.6 Å². The Labute approximate surface area is 158 Å². The summed E-state index contributed by atoms with van der Waals surface area (Å²) in [6.07, 6.45) is 0. The molecule has 0 bridgehead atoms. The molecule has 115 valence electrons. The van der Waals surface area contributed by atoms with Crippen LogP contribution in [0.5, 0.6) is 0 Å². The third-order valence-corrected chi connectivity index (χ3v) is 5.90. The Kier molecular flexibility index (Phi) is 4.47. The normalized spacial score (nSPS) is 16.5. The van der Waals surface area contributed by atoms with Crippen molar-refractivity contribution >= 4 is 34.8 Å². The molecule has 4 rings (SSSR count). The Bertz CT molecular complexity index is 859. The summed E-state index contributed by atoms with van der Waals surface area (Å²) >= 11 is 0.928. The average molecular weight is 505 g/mol. The van der Waals surface area contributed by atoms with Crippen LogP contribution in [0, 0.1) is 0 Å². The first-order valence-corrected chi connectivity index (χ1v) is 10.0. The number of aliphatic imine (C=N–C) groups is 1. The molecule has 0 spiro atoms. The van der Waals surface area contributed by atoms with E-state index in [1.807, 2.05) is 0 Å². The number of hydrogen-bond donors (Lipinski definition) is 0. The molecular weight excluding hydrogens is 487 g/mol. The van der Waals surface area contributed by atoms with Crippen molar-refractivity contribution < 1.29 is 0 Å². The van der Waals surface area contributed by atoms with Crippen LogP contribution in [0.15, 0.2) is 89.9 Å². The molecule has 0 saturated heterocycles. The molecule has 0 amide bonds. The van der Waals surface area contributed by atoms with Gasteiger partial charge in [0.2, 0.25) is 0 Å². The standard InChI is InChI=1S/C21H17N2.Pb/c1-3-9-17(10-4-1)15-23-16-22-20-14-8-7-13-19(20)21(23)18-11-5-2-6-12-18;/h1-14,21H,15H2;. The first kappa shape index (κ1) is 15.6. The third-order valence-electron chi connectivity index (χ3n) is 4.35. The first-order valence-electron chi connectivity index (χ1n) is 8.07. The molecule has 1 heterocycles. The Balaban J connectivity index is 1.81. The van der Waals surface area contributed by atoms with Gasteiger partial charge in [-0.25, -0.2) is 0 Å². The predicted molar refractivity (Wildman–Crippen MR) is 99.6 cm³/mol. The van der Waals surface area contributed by atoms with E-state index in [2.05, 4.69) is 89.8 Å². The van der Waals surface area contributed by atoms with Crippen molar-refractivity contribution in [1.29, 1.82) is 0 Å². The van der Waals surface area contributed by atoms with Gasteiger partial charge in [0.1, 0.15) is 0 Å². The van der Waals surface area contributed by atoms with Gasteiger partial charge in [-0.2, -0.15) is 0 Å². The monoisotopic (exact) mass is 505 g/mol. The van der Waals surface area contributed by atoms with Crippen LogP contribution in [0.4, 0.5) is 5.69 Å². The summed E-state index contributed by atoms with van der Waals surface area (Å²) in [5.41, 5.74) is 5.05. The van der Waals surface area contributed by atoms with E-state index in [9.17, 15) is 0 Å². The van der Waals surface area contributed by atoms with Gasteiger partial charge in [0.15, 0.2) is 0 Å². The van der Waals surface area contributed by atoms with E-state index < -0.39 is 0 Å². The van der Waals surface area contributed by atoms with Gasteiger partial charge in [-0.05, 0) is 0 Å². The zero-order chi connectivity index (χ0) is 16.4. The Morgan fingerprint density at radius 1 is 0.792 bits per heavy atom. The van der Waals surface area contributed by atoms with Crippen LogP contribution in [0.25, 0.3) is 0 Å². The summed E-state index contributed by atoms with van der Waals surface area (Å²) in [7, 11) is 0. The zero-order valence-electron chi connectivity index (χ0n) is 13.3. The van der Waals surface area contributed by atoms with Crippen LogP contribution >= 0.6 is 0 Å². The number of fused-ring (bicyclic) bond motifs is 1. The van der Waals surface area contributed by atoms with Gasteiger partial charge < -0.3 is 0 Å². The van der Waals surface area contributed by atoms with Crippen molar-refractivity contribution in [2.75, 3.05) is 0 Å². The summed E-state index contributed by atoms with van der Waals surface area (Å²) in [4.78, 5) is 7.36. The molecule has 24 heavy (non-hydrogen) atoms. The molecule has 3 aromatic rings. The van der Waals surface area contributed by atoms with Crippen LogP contribution in [0.1, 0.15) is 22.7 Å². The van der Waals surface area contributed by atoms with Crippen LogP contribution < -0.4 is 0 Å². The molecule has 3 radical (unpaired) electrons. The number of rotatable bonds is 3. The van der Waals surface area contributed by atoms with Crippen LogP contribution in [0.2, 0.25) is 0 Å². The fourth-order valence-corrected chi connectivity index (χ4v) is 4.51. The molecule has 0 fully saturated rings. The SMILES string of the molecule is [Pb][C]1=Nc2ccccc2C(c2ccccc2)N1Cc1ccccc1. The van der Waals surface area contributed by atoms with Crippen molar-refractivity contribution in [2.45, 2.75) is 12.6 Å². The molecule has 1 aliphatic rings. The van der Waals surface area contributed by atoms with E-state index >= 15 is 0 Å². The second kappa shape index (κ2) is 6.89. The Hall–Kier alpha value is -1.95. The minimum absolute atomic E-state index is 0.229. The van der Waals surface area contributed by atoms with Crippen molar-refractivity contribution in [3.8, 4) is 0 Å². The van der Waals surface area contributed by atoms with Gasteiger partial charge in [-0.15, -0.1) is 0 Å². The van der Waals surface area contributed by atoms with Gasteiger partial charge in [0.05, 0.1) is 0 Å². The van der Waals surface area contributed by atoms with E-state index in [1.54, 1.807) is 0 Å². The van der Waals surface area contributed by atoms with E-state index in [0.717, 1.165) is 38.0 Å². The van der Waals surface area contributed by atoms with Gasteiger partial charge in [0, 0.05) is 0 Å². The summed E-state index contributed by atoms with van der Waals surface area (Å²) in [6, 6.07) is 30.2. The second-order valence-electron chi connectivity index (χ2n) is 5.92. The molecule has 0 aliphatic carbocycles. The van der Waals surface area contributed by atoms with E-state index in [0.29, 0.717) is 0 Å². The fraction of sp³-hybridized carbons (Fsp3) is 0.0952. The fourth-order valence-electron chi connectivity index (χ4n) is 3.23. The average Bonchev–Trinajstić information content (AvgIpc) is 2.64. The summed E-state index contributed by atoms with van der Waals surface area (Å²) in [5, 5.41) is 0. The summed E-state index contributed by atoms with van der Waals surface area (Å²) in [6.45, 7) is 0.886. The van der Waals surface area contributed by atoms with Gasteiger partial charge in [-0.3, -0.25) is 0 Å². The van der Waals surface area contributed by atoms with E-state index in [4.69, 9.17) is 4.99 Å². The Morgan fingerprint density at radius 2 is 1.42 bits per heavy atom. The number of benzene rings is 3. The number of hydrogen-bond acceptors (Lipinski definition) is 2. The molecular formula is C21H17N2Pb. The maximum absolute atomic E-state index is 4.90. The quantitative estimate of drug-likeness (QED) is 0.482. The number of para-hydroxylation sites is 1. The molecule has 0 saturated carbocycles. The minimum atomic E-state index is 0.229. The molecule has 3 heteroatoms. The van der Waals surface area contributed by atoms with Crippen molar-refractivity contribution in [2.24, 2.45) is 4.99 Å². The molecule has 1 aliphatic heterocycles. The molecule has 2 nitrogen and oxygen atoms in total. The van der Waals surface area contributed by atoms with Gasteiger partial charge in [-0.1, -0.05) is 0 Å². The van der Waals surface area contributed by atoms with Crippen molar-refractivity contribution in [3.05, 3.63) is 102 Å². The molecule has 0 aromatic heterocycles. The second-order valence-corrected chi connectivity index (χ2v) is 7.66. The number of nitrogens with zero attached hydrogens (tertiary/aromatic N) is 2. The zero-order valence-corrected chi connectivity index (χ0v) is 17.1. The molecule has 1 atom stereocenters. The molecule has 1 unspecified atom stereocenters. The van der Waals surface area contributed by atoms with Crippen LogP contribution in [-0.4, -0.2) is 34.1 Å². The first-order chi connectivity index (χ1) is 11.8. The van der Waals surface area contributed by atoms with Gasteiger partial charge >= 0.3 is 159 Å². The third kappa shape index (κ3) is 3.03. The van der Waals surface area contributed by atoms with Crippen molar-refractivity contribution in [1.82, 2.24) is 4.90 Å². The molecule has 3 aromatic carbocycles. The van der Waals surface area contributed by atoms with Gasteiger partial charge in [0.25, 0.3) is 0 Å². The Morgan fingerprint density at radius 3 is 2.17 bits per heavy atom. The summed E-state index contributed by atoms with van der Waals surface area (Å²) < 4.78 is 1.20. The number of amidine groups is 1. The van der Waals surface area contributed by atoms with E-state index in [-0.39, 0.29) is 6.04 Å². The van der Waals surface area contributed by atoms with Crippen molar-refractivity contribution in [3.63, 3.8) is 0 Å². The predicted octanol–water partition coefficient (Wildman–Crippen LogP) is 4.45. The maximum atomic E-state index is 4.90. The van der Waals surface area contributed by atoms with E-state index in [1.165, 1.54) is 20.1 Å². The van der Waals surface area contributed by atoms with Crippen LogP contribution in [0.3, 0.4) is 0 Å². The molecule has 0 N–H and O–H groups in total. The van der Waals surface area contributed by atoms with Crippen LogP contribution in [-0.2, 0) is 6.54 Å².